The van der Waals surface area contributed by atoms with Crippen LogP contribution in [0.25, 0.3) is 0 Å². The molecule has 1 aromatic rings. The van der Waals surface area contributed by atoms with E-state index in [1.54, 1.807) is 0 Å². The number of nitrogens with zero attached hydrogens (tertiary/aromatic N) is 1. The summed E-state index contributed by atoms with van der Waals surface area (Å²) in [7, 11) is 0. The summed E-state index contributed by atoms with van der Waals surface area (Å²) < 4.78 is 0. The van der Waals surface area contributed by atoms with E-state index >= 15 is 0 Å². The topological polar surface area (TPSA) is 35.8 Å². The fraction of sp³-hybridized carbons (Fsp3) is 0.562. The quantitative estimate of drug-likeness (QED) is 0.841. The van der Waals surface area contributed by atoms with Gasteiger partial charge in [-0.1, -0.05) is 38.8 Å². The van der Waals surface area contributed by atoms with E-state index in [9.17, 15) is 5.26 Å². The Hall–Kier alpha value is -1.49. The van der Waals surface area contributed by atoms with Gasteiger partial charge in [0.1, 0.15) is 6.07 Å². The molecule has 2 heteroatoms. The van der Waals surface area contributed by atoms with Gasteiger partial charge in [0.15, 0.2) is 0 Å². The van der Waals surface area contributed by atoms with E-state index in [4.69, 9.17) is 0 Å². The summed E-state index contributed by atoms with van der Waals surface area (Å²) in [4.78, 5) is 0. The summed E-state index contributed by atoms with van der Waals surface area (Å²) in [6.07, 6.45) is 5.07. The van der Waals surface area contributed by atoms with Crippen molar-refractivity contribution in [1.29, 1.82) is 5.26 Å². The van der Waals surface area contributed by atoms with Gasteiger partial charge in [0.25, 0.3) is 0 Å². The highest BCUT2D eigenvalue weighted by molar-refractivity contribution is 5.62. The molecule has 1 aliphatic carbocycles. The average molecular weight is 242 g/mol. The van der Waals surface area contributed by atoms with Gasteiger partial charge in [0.05, 0.1) is 11.3 Å². The minimum atomic E-state index is 0.313. The molecule has 1 atom stereocenters. The first-order valence-electron chi connectivity index (χ1n) is 6.81. The van der Waals surface area contributed by atoms with Crippen LogP contribution in [-0.4, -0.2) is 6.04 Å². The molecule has 1 N–H and O–H groups in total. The zero-order chi connectivity index (χ0) is 13.2. The second-order valence-corrected chi connectivity index (χ2v) is 6.04. The lowest BCUT2D eigenvalue weighted by atomic mass is 9.73. The third kappa shape index (κ3) is 2.51. The molecule has 1 saturated carbocycles. The van der Waals surface area contributed by atoms with Crippen molar-refractivity contribution in [3.8, 4) is 6.07 Å². The van der Waals surface area contributed by atoms with E-state index in [0.29, 0.717) is 11.5 Å². The van der Waals surface area contributed by atoms with E-state index < -0.39 is 0 Å². The highest BCUT2D eigenvalue weighted by Gasteiger charge is 2.32. The van der Waals surface area contributed by atoms with Crippen molar-refractivity contribution in [2.75, 3.05) is 5.32 Å². The summed E-state index contributed by atoms with van der Waals surface area (Å²) in [5, 5.41) is 12.8. The van der Waals surface area contributed by atoms with Crippen LogP contribution in [0.5, 0.6) is 0 Å². The van der Waals surface area contributed by atoms with Crippen molar-refractivity contribution in [1.82, 2.24) is 0 Å². The van der Waals surface area contributed by atoms with Gasteiger partial charge in [-0.05, 0) is 36.8 Å². The van der Waals surface area contributed by atoms with Crippen LogP contribution >= 0.6 is 0 Å². The van der Waals surface area contributed by atoms with Crippen molar-refractivity contribution >= 4 is 5.69 Å². The van der Waals surface area contributed by atoms with Gasteiger partial charge in [-0.3, -0.25) is 0 Å². The molecule has 2 rings (SSSR count). The molecule has 0 aromatic heterocycles. The zero-order valence-corrected chi connectivity index (χ0v) is 11.6. The molecule has 1 fully saturated rings. The molecule has 0 aliphatic heterocycles. The zero-order valence-electron chi connectivity index (χ0n) is 11.6. The second kappa shape index (κ2) is 5.02. The molecule has 18 heavy (non-hydrogen) atoms. The van der Waals surface area contributed by atoms with Gasteiger partial charge in [0.2, 0.25) is 0 Å². The van der Waals surface area contributed by atoms with Crippen LogP contribution in [0.15, 0.2) is 18.2 Å². The van der Waals surface area contributed by atoms with Gasteiger partial charge in [-0.15, -0.1) is 0 Å². The van der Waals surface area contributed by atoms with E-state index in [1.807, 2.05) is 12.1 Å². The Kier molecular flexibility index (Phi) is 3.61. The number of anilines is 1. The Morgan fingerprint density at radius 2 is 2.11 bits per heavy atom. The summed E-state index contributed by atoms with van der Waals surface area (Å²) >= 11 is 0. The van der Waals surface area contributed by atoms with Gasteiger partial charge in [-0.2, -0.15) is 5.26 Å². The molecule has 0 amide bonds. The lowest BCUT2D eigenvalue weighted by molar-refractivity contribution is 0.217. The SMILES string of the molecule is Cc1cccc(C#N)c1NC1CCCCC1(C)C. The summed E-state index contributed by atoms with van der Waals surface area (Å²) in [6, 6.07) is 8.67. The normalized spacial score (nSPS) is 22.2. The van der Waals surface area contributed by atoms with Crippen molar-refractivity contribution < 1.29 is 0 Å². The first-order valence-corrected chi connectivity index (χ1v) is 6.81. The van der Waals surface area contributed by atoms with Crippen molar-refractivity contribution in [3.05, 3.63) is 29.3 Å². The van der Waals surface area contributed by atoms with Gasteiger partial charge in [-0.25, -0.2) is 0 Å². The monoisotopic (exact) mass is 242 g/mol. The van der Waals surface area contributed by atoms with Crippen LogP contribution in [0.1, 0.15) is 50.7 Å². The molecule has 0 spiro atoms. The van der Waals surface area contributed by atoms with Gasteiger partial charge in [0, 0.05) is 6.04 Å². The predicted molar refractivity (Wildman–Crippen MR) is 75.6 cm³/mol. The molecule has 0 radical (unpaired) electrons. The molecule has 96 valence electrons. The Bertz CT molecular complexity index is 468. The molecule has 1 unspecified atom stereocenters. The van der Waals surface area contributed by atoms with Crippen LogP contribution in [0.4, 0.5) is 5.69 Å². The average Bonchev–Trinajstić information content (AvgIpc) is 2.33. The molecular formula is C16H22N2. The number of hydrogen-bond donors (Lipinski definition) is 1. The maximum absolute atomic E-state index is 9.21. The van der Waals surface area contributed by atoms with E-state index in [0.717, 1.165) is 16.8 Å². The van der Waals surface area contributed by atoms with Crippen molar-refractivity contribution in [2.24, 2.45) is 5.41 Å². The van der Waals surface area contributed by atoms with Crippen LogP contribution in [-0.2, 0) is 0 Å². The number of aryl methyl sites for hydroxylation is 1. The number of hydrogen-bond acceptors (Lipinski definition) is 2. The molecule has 0 bridgehead atoms. The second-order valence-electron chi connectivity index (χ2n) is 6.04. The number of nitriles is 1. The van der Waals surface area contributed by atoms with E-state index in [-0.39, 0.29) is 0 Å². The van der Waals surface area contributed by atoms with Crippen LogP contribution in [0, 0.1) is 23.7 Å². The molecule has 0 heterocycles. The minimum absolute atomic E-state index is 0.313. The first kappa shape index (κ1) is 13.0. The minimum Gasteiger partial charge on any atom is -0.380 e. The lowest BCUT2D eigenvalue weighted by Gasteiger charge is -2.40. The maximum Gasteiger partial charge on any atom is 0.101 e. The summed E-state index contributed by atoms with van der Waals surface area (Å²) in [5.74, 6) is 0. The Morgan fingerprint density at radius 3 is 2.78 bits per heavy atom. The highest BCUT2D eigenvalue weighted by atomic mass is 14.9. The van der Waals surface area contributed by atoms with Gasteiger partial charge < -0.3 is 5.32 Å². The summed E-state index contributed by atoms with van der Waals surface area (Å²) in [6.45, 7) is 6.72. The van der Waals surface area contributed by atoms with E-state index in [2.05, 4.69) is 38.2 Å². The van der Waals surface area contributed by atoms with Gasteiger partial charge >= 0.3 is 0 Å². The predicted octanol–water partition coefficient (Wildman–Crippen LogP) is 4.25. The molecule has 1 aromatic carbocycles. The number of rotatable bonds is 2. The number of nitrogens with one attached hydrogen (secondary N) is 1. The first-order chi connectivity index (χ1) is 8.54. The summed E-state index contributed by atoms with van der Waals surface area (Å²) in [5.41, 5.74) is 3.26. The van der Waals surface area contributed by atoms with Crippen molar-refractivity contribution in [2.45, 2.75) is 52.5 Å². The third-order valence-electron chi connectivity index (χ3n) is 4.22. The molecule has 2 nitrogen and oxygen atoms in total. The highest BCUT2D eigenvalue weighted by Crippen LogP contribution is 2.38. The standard InChI is InChI=1S/C16H22N2/c1-12-7-6-8-13(11-17)15(12)18-14-9-4-5-10-16(14,2)3/h6-8,14,18H,4-5,9-10H2,1-3H3. The van der Waals surface area contributed by atoms with Crippen LogP contribution < -0.4 is 5.32 Å². The fourth-order valence-electron chi connectivity index (χ4n) is 2.89. The lowest BCUT2D eigenvalue weighted by Crippen LogP contribution is -2.39. The molecular weight excluding hydrogens is 220 g/mol. The van der Waals surface area contributed by atoms with Crippen LogP contribution in [0.3, 0.4) is 0 Å². The maximum atomic E-state index is 9.21. The Morgan fingerprint density at radius 1 is 1.33 bits per heavy atom. The number of benzene rings is 1. The molecule has 0 saturated heterocycles. The number of para-hydroxylation sites is 1. The smallest absolute Gasteiger partial charge is 0.101 e. The van der Waals surface area contributed by atoms with Crippen molar-refractivity contribution in [3.63, 3.8) is 0 Å². The molecule has 1 aliphatic rings. The largest absolute Gasteiger partial charge is 0.380 e. The van der Waals surface area contributed by atoms with E-state index in [1.165, 1.54) is 25.7 Å². The third-order valence-corrected chi connectivity index (χ3v) is 4.22. The fourth-order valence-corrected chi connectivity index (χ4v) is 2.89. The Labute approximate surface area is 110 Å². The Balaban J connectivity index is 2.26. The van der Waals surface area contributed by atoms with Crippen LogP contribution in [0.2, 0.25) is 0 Å².